The average Bonchev–Trinajstić information content (AvgIpc) is 2.58. The Bertz CT molecular complexity index is 743. The van der Waals surface area contributed by atoms with E-state index in [-0.39, 0.29) is 37.0 Å². The molecule has 2 amide bonds. The second-order valence-electron chi connectivity index (χ2n) is 8.82. The first-order valence-corrected chi connectivity index (χ1v) is 10.6. The van der Waals surface area contributed by atoms with Gasteiger partial charge in [0.1, 0.15) is 11.4 Å². The Morgan fingerprint density at radius 3 is 2.35 bits per heavy atom. The van der Waals surface area contributed by atoms with Gasteiger partial charge in [-0.05, 0) is 57.2 Å². The van der Waals surface area contributed by atoms with Crippen molar-refractivity contribution in [3.05, 3.63) is 23.9 Å². The van der Waals surface area contributed by atoms with Crippen molar-refractivity contribution in [2.45, 2.75) is 83.8 Å². The molecule has 166 valence electrons. The Labute approximate surface area is 196 Å². The number of nitrogens with zero attached hydrogens (tertiary/aromatic N) is 1. The fraction of sp³-hybridized carbons (Fsp3) is 0.636. The maximum Gasteiger partial charge on any atom is 1.00 e. The number of nitrogens with one attached hydrogen (secondary N) is 2. The Kier molecular flexibility index (Phi) is 11.1. The van der Waals surface area contributed by atoms with Gasteiger partial charge in [-0.2, -0.15) is 0 Å². The molecule has 2 N–H and O–H groups in total. The van der Waals surface area contributed by atoms with E-state index in [9.17, 15) is 19.5 Å². The van der Waals surface area contributed by atoms with E-state index < -0.39 is 29.6 Å². The molecule has 1 atom stereocenters. The van der Waals surface area contributed by atoms with E-state index in [0.717, 1.165) is 38.5 Å². The Morgan fingerprint density at radius 1 is 1.16 bits per heavy atom. The molecule has 0 aromatic carbocycles. The van der Waals surface area contributed by atoms with Gasteiger partial charge in [-0.1, -0.05) is 32.1 Å². The van der Waals surface area contributed by atoms with Gasteiger partial charge in [0.25, 0.3) is 0 Å². The van der Waals surface area contributed by atoms with E-state index in [1.54, 1.807) is 32.9 Å². The topological polar surface area (TPSA) is 120 Å². The summed E-state index contributed by atoms with van der Waals surface area (Å²) in [4.78, 5) is 40.1. The first-order chi connectivity index (χ1) is 14.1. The normalized spacial score (nSPS) is 16.1. The molecule has 1 aromatic heterocycles. The van der Waals surface area contributed by atoms with Gasteiger partial charge in [-0.3, -0.25) is 10.1 Å². The van der Waals surface area contributed by atoms with Gasteiger partial charge in [0.05, 0.1) is 18.4 Å². The van der Waals surface area contributed by atoms with Crippen LogP contribution in [0.4, 0.5) is 10.6 Å². The van der Waals surface area contributed by atoms with E-state index in [1.807, 2.05) is 0 Å². The number of amides is 2. The Hall–Kier alpha value is -2.04. The number of aliphatic carboxylic acids is 1. The summed E-state index contributed by atoms with van der Waals surface area (Å²) in [5.74, 6) is -1.50. The van der Waals surface area contributed by atoms with Crippen LogP contribution in [-0.2, 0) is 20.7 Å². The molecule has 1 unspecified atom stereocenters. The summed E-state index contributed by atoms with van der Waals surface area (Å²) in [6, 6.07) is 2.22. The number of carboxylic acid groups (broad SMARTS) is 1. The number of ether oxygens (including phenoxy) is 1. The van der Waals surface area contributed by atoms with Gasteiger partial charge in [0.2, 0.25) is 5.91 Å². The molecule has 9 heteroatoms. The van der Waals surface area contributed by atoms with Gasteiger partial charge in [0.15, 0.2) is 0 Å². The molecule has 1 aromatic rings. The minimum absolute atomic E-state index is 0. The smallest absolute Gasteiger partial charge is 0.548 e. The first kappa shape index (κ1) is 27.0. The third kappa shape index (κ3) is 10.2. The molecule has 1 aliphatic carbocycles. The number of pyridine rings is 1. The third-order valence-corrected chi connectivity index (χ3v) is 5.01. The van der Waals surface area contributed by atoms with E-state index >= 15 is 0 Å². The summed E-state index contributed by atoms with van der Waals surface area (Å²) in [7, 11) is 0. The van der Waals surface area contributed by atoms with Gasteiger partial charge in [-0.15, -0.1) is 0 Å². The van der Waals surface area contributed by atoms with E-state index in [4.69, 9.17) is 4.74 Å². The van der Waals surface area contributed by atoms with Crippen molar-refractivity contribution >= 4 is 23.8 Å². The predicted octanol–water partition coefficient (Wildman–Crippen LogP) is -0.430. The molecule has 0 aliphatic heterocycles. The summed E-state index contributed by atoms with van der Waals surface area (Å²) >= 11 is 0. The van der Waals surface area contributed by atoms with Crippen LogP contribution >= 0.6 is 0 Å². The summed E-state index contributed by atoms with van der Waals surface area (Å²) in [6.45, 7) is 5.26. The number of anilines is 1. The summed E-state index contributed by atoms with van der Waals surface area (Å²) < 4.78 is 5.19. The predicted molar refractivity (Wildman–Crippen MR) is 111 cm³/mol. The number of aromatic nitrogens is 1. The van der Waals surface area contributed by atoms with Gasteiger partial charge in [-0.25, -0.2) is 9.78 Å². The SMILES string of the molecule is CC(C)(C)OC(=O)Nc1cc(CC(=O)NC(C(=O)[O-])C2CCCCCCC2)ccn1.[Li+]. The first-order valence-electron chi connectivity index (χ1n) is 10.6. The van der Waals surface area contributed by atoms with Crippen molar-refractivity contribution in [1.82, 2.24) is 10.3 Å². The quantitative estimate of drug-likeness (QED) is 0.597. The van der Waals surface area contributed by atoms with Crippen LogP contribution in [0.5, 0.6) is 0 Å². The summed E-state index contributed by atoms with van der Waals surface area (Å²) in [5, 5.41) is 16.8. The summed E-state index contributed by atoms with van der Waals surface area (Å²) in [5.41, 5.74) is -0.0401. The molecule has 1 fully saturated rings. The van der Waals surface area contributed by atoms with Gasteiger partial charge >= 0.3 is 25.0 Å². The van der Waals surface area contributed by atoms with Gasteiger partial charge in [0, 0.05) is 6.20 Å². The molecular formula is C22H32LiN3O5. The number of hydrogen-bond acceptors (Lipinski definition) is 6. The van der Waals surface area contributed by atoms with Crippen LogP contribution in [0.25, 0.3) is 0 Å². The molecular weight excluding hydrogens is 393 g/mol. The number of rotatable bonds is 6. The maximum atomic E-state index is 12.5. The standard InChI is InChI=1S/C22H33N3O5.Li/c1-22(2,3)30-21(29)24-17-13-15(11-12-23-17)14-18(26)25-19(20(27)28)16-9-7-5-4-6-8-10-16;/h11-13,16,19H,4-10,14H2,1-3H3,(H,25,26)(H,27,28)(H,23,24,29);/q;+1/p-1. The third-order valence-electron chi connectivity index (χ3n) is 5.01. The van der Waals surface area contributed by atoms with E-state index in [1.165, 1.54) is 12.6 Å². The zero-order valence-electron chi connectivity index (χ0n) is 19.0. The molecule has 31 heavy (non-hydrogen) atoms. The molecule has 0 radical (unpaired) electrons. The molecule has 1 saturated carbocycles. The zero-order chi connectivity index (χ0) is 22.1. The fourth-order valence-corrected chi connectivity index (χ4v) is 3.66. The number of carbonyl (C=O) groups excluding carboxylic acids is 3. The average molecular weight is 425 g/mol. The molecule has 0 saturated heterocycles. The number of carboxylic acids is 1. The Morgan fingerprint density at radius 2 is 1.77 bits per heavy atom. The largest absolute Gasteiger partial charge is 1.00 e. The molecule has 2 rings (SSSR count). The van der Waals surface area contributed by atoms with Crippen LogP contribution in [0.15, 0.2) is 18.3 Å². The second kappa shape index (κ2) is 12.7. The van der Waals surface area contributed by atoms with Crippen LogP contribution in [0.1, 0.15) is 71.3 Å². The van der Waals surface area contributed by atoms with Crippen molar-refractivity contribution < 1.29 is 43.1 Å². The monoisotopic (exact) mass is 425 g/mol. The van der Waals surface area contributed by atoms with Crippen molar-refractivity contribution in [2.75, 3.05) is 5.32 Å². The van der Waals surface area contributed by atoms with E-state index in [2.05, 4.69) is 15.6 Å². The van der Waals surface area contributed by atoms with Crippen LogP contribution in [0.3, 0.4) is 0 Å². The second-order valence-corrected chi connectivity index (χ2v) is 8.82. The minimum atomic E-state index is -1.24. The molecule has 0 bridgehead atoms. The minimum Gasteiger partial charge on any atom is -0.548 e. The molecule has 1 aliphatic rings. The van der Waals surface area contributed by atoms with Crippen LogP contribution < -0.4 is 34.6 Å². The number of carbonyl (C=O) groups is 3. The van der Waals surface area contributed by atoms with Crippen molar-refractivity contribution in [1.29, 1.82) is 0 Å². The van der Waals surface area contributed by atoms with Crippen LogP contribution in [0.2, 0.25) is 0 Å². The zero-order valence-corrected chi connectivity index (χ0v) is 19.0. The maximum absolute atomic E-state index is 12.5. The van der Waals surface area contributed by atoms with Crippen molar-refractivity contribution in [2.24, 2.45) is 5.92 Å². The van der Waals surface area contributed by atoms with Crippen LogP contribution in [-0.4, -0.2) is 34.6 Å². The molecule has 1 heterocycles. The van der Waals surface area contributed by atoms with E-state index in [0.29, 0.717) is 5.56 Å². The number of hydrogen-bond donors (Lipinski definition) is 2. The molecule has 0 spiro atoms. The Balaban J connectivity index is 0.00000480. The molecule has 8 nitrogen and oxygen atoms in total. The fourth-order valence-electron chi connectivity index (χ4n) is 3.66. The summed E-state index contributed by atoms with van der Waals surface area (Å²) in [6.07, 6.45) is 7.65. The van der Waals surface area contributed by atoms with Crippen molar-refractivity contribution in [3.8, 4) is 0 Å². The van der Waals surface area contributed by atoms with Crippen molar-refractivity contribution in [3.63, 3.8) is 0 Å². The van der Waals surface area contributed by atoms with Crippen LogP contribution in [0, 0.1) is 5.92 Å². The van der Waals surface area contributed by atoms with Gasteiger partial charge < -0.3 is 20.0 Å².